The average Bonchev–Trinajstić information content (AvgIpc) is 2.15. The third-order valence-corrected chi connectivity index (χ3v) is 3.00. The van der Waals surface area contributed by atoms with Gasteiger partial charge in [0, 0.05) is 23.4 Å². The van der Waals surface area contributed by atoms with E-state index in [1.54, 1.807) is 23.5 Å². The summed E-state index contributed by atoms with van der Waals surface area (Å²) in [4.78, 5) is 5.47. The topological polar surface area (TPSA) is 38.9 Å². The third-order valence-electron chi connectivity index (χ3n) is 1.31. The molecule has 4 heteroatoms. The molecule has 0 fully saturated rings. The third kappa shape index (κ3) is 3.05. The lowest BCUT2D eigenvalue weighted by molar-refractivity contribution is 1.08. The van der Waals surface area contributed by atoms with Crippen molar-refractivity contribution in [2.24, 2.45) is 5.73 Å². The molecule has 0 saturated heterocycles. The summed E-state index contributed by atoms with van der Waals surface area (Å²) in [6.07, 6.45) is 3.94. The molecule has 0 aromatic carbocycles. The van der Waals surface area contributed by atoms with Gasteiger partial charge in [0.2, 0.25) is 0 Å². The molecule has 2 N–H and O–H groups in total. The molecule has 0 aliphatic carbocycles. The zero-order chi connectivity index (χ0) is 8.81. The van der Waals surface area contributed by atoms with Crippen LogP contribution >= 0.6 is 23.5 Å². The molecule has 12 heavy (non-hydrogen) atoms. The largest absolute Gasteiger partial charge is 0.330 e. The van der Waals surface area contributed by atoms with E-state index in [-0.39, 0.29) is 0 Å². The van der Waals surface area contributed by atoms with Crippen molar-refractivity contribution in [3.63, 3.8) is 0 Å². The van der Waals surface area contributed by atoms with Crippen LogP contribution in [0.25, 0.3) is 0 Å². The van der Waals surface area contributed by atoms with Gasteiger partial charge in [-0.1, -0.05) is 0 Å². The first-order chi connectivity index (χ1) is 5.86. The van der Waals surface area contributed by atoms with Crippen LogP contribution in [0.3, 0.4) is 0 Å². The van der Waals surface area contributed by atoms with Gasteiger partial charge < -0.3 is 5.73 Å². The normalized spacial score (nSPS) is 10.2. The monoisotopic (exact) mass is 200 g/mol. The molecule has 0 aliphatic heterocycles. The highest BCUT2D eigenvalue weighted by Crippen LogP contribution is 2.18. The molecular formula is C8H12N2S2. The van der Waals surface area contributed by atoms with Crippen LogP contribution in [-0.4, -0.2) is 23.5 Å². The Kier molecular flexibility index (Phi) is 4.50. The summed E-state index contributed by atoms with van der Waals surface area (Å²) in [5, 5.41) is 1.05. The Morgan fingerprint density at radius 2 is 2.33 bits per heavy atom. The molecule has 0 amide bonds. The standard InChI is InChI=1S/C8H12N2S2/c1-11-7-2-3-8(10-6-7)12-5-4-9/h2-3,6H,4-5,9H2,1H3. The quantitative estimate of drug-likeness (QED) is 0.753. The van der Waals surface area contributed by atoms with E-state index in [1.807, 2.05) is 18.5 Å². The molecule has 1 rings (SSSR count). The molecule has 0 atom stereocenters. The van der Waals surface area contributed by atoms with E-state index in [9.17, 15) is 0 Å². The Morgan fingerprint density at radius 1 is 1.50 bits per heavy atom. The summed E-state index contributed by atoms with van der Waals surface area (Å²) in [5.74, 6) is 0.936. The minimum Gasteiger partial charge on any atom is -0.330 e. The highest BCUT2D eigenvalue weighted by Gasteiger charge is 1.94. The number of aromatic nitrogens is 1. The van der Waals surface area contributed by atoms with Crippen molar-refractivity contribution in [3.8, 4) is 0 Å². The molecule has 1 heterocycles. The van der Waals surface area contributed by atoms with Crippen LogP contribution in [0, 0.1) is 0 Å². The molecule has 0 spiro atoms. The maximum atomic E-state index is 5.38. The molecular weight excluding hydrogens is 188 g/mol. The second-order valence-electron chi connectivity index (χ2n) is 2.17. The fourth-order valence-corrected chi connectivity index (χ4v) is 1.72. The van der Waals surface area contributed by atoms with Gasteiger partial charge in [-0.05, 0) is 18.4 Å². The van der Waals surface area contributed by atoms with Crippen LogP contribution in [0.2, 0.25) is 0 Å². The lowest BCUT2D eigenvalue weighted by atomic mass is 10.5. The number of nitrogens with two attached hydrogens (primary N) is 1. The van der Waals surface area contributed by atoms with Crippen molar-refractivity contribution in [2.75, 3.05) is 18.6 Å². The second-order valence-corrected chi connectivity index (χ2v) is 4.17. The molecule has 2 nitrogen and oxygen atoms in total. The summed E-state index contributed by atoms with van der Waals surface area (Å²) < 4.78 is 0. The summed E-state index contributed by atoms with van der Waals surface area (Å²) in [6.45, 7) is 0.705. The Hall–Kier alpha value is -0.190. The fourth-order valence-electron chi connectivity index (χ4n) is 0.736. The van der Waals surface area contributed by atoms with Crippen molar-refractivity contribution < 1.29 is 0 Å². The van der Waals surface area contributed by atoms with E-state index in [1.165, 1.54) is 4.90 Å². The Morgan fingerprint density at radius 3 is 2.83 bits per heavy atom. The van der Waals surface area contributed by atoms with Crippen LogP contribution < -0.4 is 5.73 Å². The lowest BCUT2D eigenvalue weighted by Crippen LogP contribution is -2.01. The van der Waals surface area contributed by atoms with Crippen LogP contribution in [-0.2, 0) is 0 Å². The predicted molar refractivity (Wildman–Crippen MR) is 55.8 cm³/mol. The van der Waals surface area contributed by atoms with E-state index in [0.717, 1.165) is 10.8 Å². The molecule has 1 aromatic heterocycles. The number of nitrogens with zero attached hydrogens (tertiary/aromatic N) is 1. The number of pyridine rings is 1. The molecule has 1 aromatic rings. The first-order valence-corrected chi connectivity index (χ1v) is 5.90. The highest BCUT2D eigenvalue weighted by atomic mass is 32.2. The number of hydrogen-bond acceptors (Lipinski definition) is 4. The van der Waals surface area contributed by atoms with Gasteiger partial charge in [0.05, 0.1) is 5.03 Å². The zero-order valence-electron chi connectivity index (χ0n) is 6.99. The van der Waals surface area contributed by atoms with Crippen molar-refractivity contribution >= 4 is 23.5 Å². The Labute approximate surface area is 81.3 Å². The molecule has 0 unspecified atom stereocenters. The van der Waals surface area contributed by atoms with Crippen molar-refractivity contribution in [1.29, 1.82) is 0 Å². The second kappa shape index (κ2) is 5.45. The van der Waals surface area contributed by atoms with E-state index >= 15 is 0 Å². The van der Waals surface area contributed by atoms with E-state index in [4.69, 9.17) is 5.73 Å². The molecule has 0 bridgehead atoms. The Balaban J connectivity index is 2.53. The van der Waals surface area contributed by atoms with Crippen LogP contribution in [0.15, 0.2) is 28.3 Å². The molecule has 0 aliphatic rings. The van der Waals surface area contributed by atoms with Gasteiger partial charge in [-0.2, -0.15) is 0 Å². The molecule has 0 radical (unpaired) electrons. The molecule has 66 valence electrons. The van der Waals surface area contributed by atoms with Gasteiger partial charge >= 0.3 is 0 Å². The highest BCUT2D eigenvalue weighted by molar-refractivity contribution is 7.99. The summed E-state index contributed by atoms with van der Waals surface area (Å²) in [7, 11) is 0. The van der Waals surface area contributed by atoms with Crippen molar-refractivity contribution in [3.05, 3.63) is 18.3 Å². The Bertz CT molecular complexity index is 223. The maximum Gasteiger partial charge on any atom is 0.0961 e. The maximum absolute atomic E-state index is 5.38. The molecule has 0 saturated carbocycles. The van der Waals surface area contributed by atoms with Gasteiger partial charge in [0.1, 0.15) is 0 Å². The summed E-state index contributed by atoms with van der Waals surface area (Å²) >= 11 is 3.40. The van der Waals surface area contributed by atoms with Crippen LogP contribution in [0.4, 0.5) is 0 Å². The SMILES string of the molecule is CSc1ccc(SCCN)nc1. The predicted octanol–water partition coefficient (Wildman–Crippen LogP) is 1.85. The van der Waals surface area contributed by atoms with Gasteiger partial charge in [-0.25, -0.2) is 4.98 Å². The first kappa shape index (κ1) is 9.89. The zero-order valence-corrected chi connectivity index (χ0v) is 8.62. The van der Waals surface area contributed by atoms with E-state index in [2.05, 4.69) is 11.1 Å². The van der Waals surface area contributed by atoms with E-state index < -0.39 is 0 Å². The number of hydrogen-bond donors (Lipinski definition) is 1. The van der Waals surface area contributed by atoms with Crippen LogP contribution in [0.1, 0.15) is 0 Å². The van der Waals surface area contributed by atoms with Crippen molar-refractivity contribution in [2.45, 2.75) is 9.92 Å². The summed E-state index contributed by atoms with van der Waals surface area (Å²) in [5.41, 5.74) is 5.38. The average molecular weight is 200 g/mol. The minimum absolute atomic E-state index is 0.705. The minimum atomic E-state index is 0.705. The number of thioether (sulfide) groups is 2. The smallest absolute Gasteiger partial charge is 0.0961 e. The van der Waals surface area contributed by atoms with Gasteiger partial charge in [-0.3, -0.25) is 0 Å². The van der Waals surface area contributed by atoms with Gasteiger partial charge in [0.25, 0.3) is 0 Å². The van der Waals surface area contributed by atoms with Crippen LogP contribution in [0.5, 0.6) is 0 Å². The number of rotatable bonds is 4. The lowest BCUT2D eigenvalue weighted by Gasteiger charge is -1.99. The van der Waals surface area contributed by atoms with E-state index in [0.29, 0.717) is 6.54 Å². The fraction of sp³-hybridized carbons (Fsp3) is 0.375. The van der Waals surface area contributed by atoms with Gasteiger partial charge in [-0.15, -0.1) is 23.5 Å². The van der Waals surface area contributed by atoms with Crippen molar-refractivity contribution in [1.82, 2.24) is 4.98 Å². The first-order valence-electron chi connectivity index (χ1n) is 3.69. The van der Waals surface area contributed by atoms with Gasteiger partial charge in [0.15, 0.2) is 0 Å². The summed E-state index contributed by atoms with van der Waals surface area (Å²) in [6, 6.07) is 4.11.